The molecule has 2 heterocycles. The second-order valence-corrected chi connectivity index (χ2v) is 5.73. The van der Waals surface area contributed by atoms with Gasteiger partial charge in [0.2, 0.25) is 0 Å². The van der Waals surface area contributed by atoms with Crippen molar-refractivity contribution in [3.05, 3.63) is 32.6 Å². The van der Waals surface area contributed by atoms with Crippen molar-refractivity contribution in [1.82, 2.24) is 9.55 Å². The molecule has 9 nitrogen and oxygen atoms in total. The fourth-order valence-electron chi connectivity index (χ4n) is 2.60. The van der Waals surface area contributed by atoms with E-state index in [-0.39, 0.29) is 25.6 Å². The van der Waals surface area contributed by atoms with Crippen LogP contribution in [-0.2, 0) is 20.7 Å². The van der Waals surface area contributed by atoms with E-state index in [9.17, 15) is 19.5 Å². The number of ether oxygens (including phenoxy) is 2. The van der Waals surface area contributed by atoms with E-state index in [0.29, 0.717) is 24.8 Å². The molecule has 1 aromatic heterocycles. The van der Waals surface area contributed by atoms with Crippen LogP contribution in [0.1, 0.15) is 38.0 Å². The molecule has 1 aliphatic heterocycles. The molecule has 1 fully saturated rings. The molecule has 0 spiro atoms. The van der Waals surface area contributed by atoms with Crippen molar-refractivity contribution in [3.8, 4) is 0 Å². The lowest BCUT2D eigenvalue weighted by molar-refractivity contribution is -0.141. The van der Waals surface area contributed by atoms with Crippen LogP contribution in [-0.4, -0.2) is 51.2 Å². The minimum Gasteiger partial charge on any atom is -0.466 e. The largest absolute Gasteiger partial charge is 0.466 e. The Morgan fingerprint density at radius 2 is 2.21 bits per heavy atom. The van der Waals surface area contributed by atoms with Gasteiger partial charge in [0, 0.05) is 25.1 Å². The van der Waals surface area contributed by atoms with Crippen molar-refractivity contribution in [2.75, 3.05) is 13.2 Å². The molecule has 0 amide bonds. The Morgan fingerprint density at radius 3 is 2.83 bits per heavy atom. The minimum atomic E-state index is -0.869. The van der Waals surface area contributed by atoms with E-state index in [0.717, 1.165) is 0 Å². The number of hydrogen-bond acceptors (Lipinski definition) is 7. The molecular formula is C15H22N2O7. The van der Waals surface area contributed by atoms with Crippen molar-refractivity contribution < 1.29 is 24.5 Å². The van der Waals surface area contributed by atoms with Crippen LogP contribution in [0.2, 0.25) is 0 Å². The van der Waals surface area contributed by atoms with Gasteiger partial charge in [-0.15, -0.1) is 0 Å². The van der Waals surface area contributed by atoms with Crippen molar-refractivity contribution in [1.29, 1.82) is 0 Å². The summed E-state index contributed by atoms with van der Waals surface area (Å²) in [6.07, 6.45) is 0.849. The number of aliphatic hydroxyl groups excluding tert-OH is 2. The Kier molecular flexibility index (Phi) is 6.29. The van der Waals surface area contributed by atoms with Gasteiger partial charge in [0.15, 0.2) is 0 Å². The zero-order chi connectivity index (χ0) is 17.7. The second kappa shape index (κ2) is 8.22. The summed E-state index contributed by atoms with van der Waals surface area (Å²) >= 11 is 0. The number of aromatic amines is 1. The third-order valence-electron chi connectivity index (χ3n) is 3.88. The zero-order valence-electron chi connectivity index (χ0n) is 13.4. The van der Waals surface area contributed by atoms with E-state index in [1.54, 1.807) is 0 Å². The van der Waals surface area contributed by atoms with Gasteiger partial charge in [-0.3, -0.25) is 19.1 Å². The molecule has 0 aromatic carbocycles. The standard InChI is InChI=1S/C15H22N2O7/c1-9(19)23-5-3-2-4-10-7-17(15(22)16-14(10)21)13-6-11(20)12(8-18)24-13/h7,11-13,18,20H,2-6,8H2,1H3,(H,16,21,22)/t11-,12+,13+/m0/s1. The fraction of sp³-hybridized carbons (Fsp3) is 0.667. The van der Waals surface area contributed by atoms with E-state index < -0.39 is 29.7 Å². The van der Waals surface area contributed by atoms with Gasteiger partial charge >= 0.3 is 11.7 Å². The van der Waals surface area contributed by atoms with Gasteiger partial charge in [-0.1, -0.05) is 0 Å². The van der Waals surface area contributed by atoms with Gasteiger partial charge in [-0.2, -0.15) is 0 Å². The summed E-state index contributed by atoms with van der Waals surface area (Å²) < 4.78 is 11.5. The molecule has 3 atom stereocenters. The lowest BCUT2D eigenvalue weighted by Gasteiger charge is -2.15. The second-order valence-electron chi connectivity index (χ2n) is 5.73. The zero-order valence-corrected chi connectivity index (χ0v) is 13.4. The summed E-state index contributed by atoms with van der Waals surface area (Å²) in [5, 5.41) is 18.9. The van der Waals surface area contributed by atoms with Crippen LogP contribution < -0.4 is 11.2 Å². The summed E-state index contributed by atoms with van der Waals surface area (Å²) in [5.41, 5.74) is -0.691. The van der Waals surface area contributed by atoms with Crippen LogP contribution in [0.3, 0.4) is 0 Å². The van der Waals surface area contributed by atoms with Gasteiger partial charge in [0.05, 0.1) is 19.3 Å². The van der Waals surface area contributed by atoms with Gasteiger partial charge in [-0.25, -0.2) is 4.79 Å². The number of esters is 1. The molecule has 1 aliphatic rings. The number of unbranched alkanes of at least 4 members (excludes halogenated alkanes) is 1. The van der Waals surface area contributed by atoms with Crippen LogP contribution in [0.5, 0.6) is 0 Å². The molecule has 134 valence electrons. The topological polar surface area (TPSA) is 131 Å². The number of aryl methyl sites for hydroxylation is 1. The first-order valence-corrected chi connectivity index (χ1v) is 7.84. The monoisotopic (exact) mass is 342 g/mol. The van der Waals surface area contributed by atoms with Gasteiger partial charge < -0.3 is 19.7 Å². The molecule has 0 radical (unpaired) electrons. The predicted molar refractivity (Wildman–Crippen MR) is 82.5 cm³/mol. The molecule has 24 heavy (non-hydrogen) atoms. The quantitative estimate of drug-likeness (QED) is 0.431. The Hall–Kier alpha value is -1.97. The van der Waals surface area contributed by atoms with E-state index in [2.05, 4.69) is 4.98 Å². The van der Waals surface area contributed by atoms with Crippen LogP contribution in [0.25, 0.3) is 0 Å². The lowest BCUT2D eigenvalue weighted by atomic mass is 10.1. The number of aromatic nitrogens is 2. The SMILES string of the molecule is CC(=O)OCCCCc1cn([C@H]2C[C@H](O)[C@@H](CO)O2)c(=O)[nH]c1=O. The van der Waals surface area contributed by atoms with E-state index in [1.165, 1.54) is 17.7 Å². The van der Waals surface area contributed by atoms with Crippen LogP contribution in [0, 0.1) is 0 Å². The maximum absolute atomic E-state index is 12.0. The number of nitrogens with zero attached hydrogens (tertiary/aromatic N) is 1. The van der Waals surface area contributed by atoms with E-state index in [4.69, 9.17) is 14.6 Å². The normalized spacial score (nSPS) is 23.4. The van der Waals surface area contributed by atoms with Gasteiger partial charge in [0.25, 0.3) is 5.56 Å². The summed E-state index contributed by atoms with van der Waals surface area (Å²) in [6, 6.07) is 0. The first-order valence-electron chi connectivity index (χ1n) is 7.84. The summed E-state index contributed by atoms with van der Waals surface area (Å²) in [7, 11) is 0. The number of nitrogens with one attached hydrogen (secondary N) is 1. The smallest absolute Gasteiger partial charge is 0.330 e. The van der Waals surface area contributed by atoms with Gasteiger partial charge in [-0.05, 0) is 19.3 Å². The van der Waals surface area contributed by atoms with Gasteiger partial charge in [0.1, 0.15) is 12.3 Å². The summed E-state index contributed by atoms with van der Waals surface area (Å²) in [6.45, 7) is 1.26. The Labute approximate surface area is 137 Å². The maximum atomic E-state index is 12.0. The number of rotatable bonds is 7. The van der Waals surface area contributed by atoms with E-state index in [1.807, 2.05) is 0 Å². The molecule has 0 bridgehead atoms. The lowest BCUT2D eigenvalue weighted by Crippen LogP contribution is -2.34. The number of carbonyl (C=O) groups is 1. The minimum absolute atomic E-state index is 0.156. The van der Waals surface area contributed by atoms with E-state index >= 15 is 0 Å². The average molecular weight is 342 g/mol. The molecule has 3 N–H and O–H groups in total. The molecule has 0 unspecified atom stereocenters. The number of hydrogen-bond donors (Lipinski definition) is 3. The number of carbonyl (C=O) groups excluding carboxylic acids is 1. The molecule has 1 saturated heterocycles. The van der Waals surface area contributed by atoms with Crippen molar-refractivity contribution >= 4 is 5.97 Å². The highest BCUT2D eigenvalue weighted by Crippen LogP contribution is 2.27. The highest BCUT2D eigenvalue weighted by atomic mass is 16.5. The van der Waals surface area contributed by atoms with Crippen LogP contribution in [0.15, 0.2) is 15.8 Å². The van der Waals surface area contributed by atoms with Crippen LogP contribution >= 0.6 is 0 Å². The fourth-order valence-corrected chi connectivity index (χ4v) is 2.60. The third-order valence-corrected chi connectivity index (χ3v) is 3.88. The number of aliphatic hydroxyl groups is 2. The van der Waals surface area contributed by atoms with Crippen molar-refractivity contribution in [2.24, 2.45) is 0 Å². The summed E-state index contributed by atoms with van der Waals surface area (Å²) in [5.74, 6) is -0.350. The summed E-state index contributed by atoms with van der Waals surface area (Å²) in [4.78, 5) is 36.7. The number of H-pyrrole nitrogens is 1. The highest BCUT2D eigenvalue weighted by molar-refractivity contribution is 5.65. The van der Waals surface area contributed by atoms with Crippen LogP contribution in [0.4, 0.5) is 0 Å². The Bertz CT molecular complexity index is 681. The molecule has 0 aliphatic carbocycles. The van der Waals surface area contributed by atoms with Crippen molar-refractivity contribution in [2.45, 2.75) is 51.0 Å². The molecule has 2 rings (SSSR count). The maximum Gasteiger partial charge on any atom is 0.330 e. The first-order chi connectivity index (χ1) is 11.4. The third kappa shape index (κ3) is 4.53. The first kappa shape index (κ1) is 18.4. The molecule has 0 saturated carbocycles. The average Bonchev–Trinajstić information content (AvgIpc) is 2.89. The van der Waals surface area contributed by atoms with Crippen molar-refractivity contribution in [3.63, 3.8) is 0 Å². The molecular weight excluding hydrogens is 320 g/mol. The predicted octanol–water partition coefficient (Wildman–Crippen LogP) is -0.937. The Balaban J connectivity index is 2.04. The Morgan fingerprint density at radius 1 is 1.46 bits per heavy atom. The molecule has 9 heteroatoms. The highest BCUT2D eigenvalue weighted by Gasteiger charge is 2.35. The molecule has 1 aromatic rings.